The topological polar surface area (TPSA) is 43.4 Å². The summed E-state index contributed by atoms with van der Waals surface area (Å²) in [5.74, 6) is -0.411. The summed E-state index contributed by atoms with van der Waals surface area (Å²) in [4.78, 5) is 23.7. The molecule has 1 aromatic carbocycles. The Balaban J connectivity index is 2.82. The van der Waals surface area contributed by atoms with E-state index in [1.165, 1.54) is 0 Å². The highest BCUT2D eigenvalue weighted by atomic mass is 32.1. The summed E-state index contributed by atoms with van der Waals surface area (Å²) in [7, 11) is 0. The molecular formula is C15H20O3S. The molecule has 0 saturated heterocycles. The van der Waals surface area contributed by atoms with Crippen molar-refractivity contribution >= 4 is 24.4 Å². The maximum absolute atomic E-state index is 11.9. The van der Waals surface area contributed by atoms with Crippen LogP contribution in [0.5, 0.6) is 0 Å². The van der Waals surface area contributed by atoms with Crippen LogP contribution in [0.4, 0.5) is 0 Å². The molecule has 0 aliphatic carbocycles. The first kappa shape index (κ1) is 15.8. The molecule has 104 valence electrons. The fraction of sp³-hybridized carbons (Fsp3) is 0.467. The number of ether oxygens (including phenoxy) is 1. The molecule has 1 rings (SSSR count). The van der Waals surface area contributed by atoms with Gasteiger partial charge in [0.15, 0.2) is 5.78 Å². The van der Waals surface area contributed by atoms with Gasteiger partial charge in [0.05, 0.1) is 10.8 Å². The van der Waals surface area contributed by atoms with E-state index in [1.807, 2.05) is 27.7 Å². The lowest BCUT2D eigenvalue weighted by atomic mass is 10.0. The molecule has 0 fully saturated rings. The Morgan fingerprint density at radius 3 is 2.05 bits per heavy atom. The average Bonchev–Trinajstić information content (AvgIpc) is 2.35. The van der Waals surface area contributed by atoms with Gasteiger partial charge < -0.3 is 4.74 Å². The van der Waals surface area contributed by atoms with E-state index in [1.54, 1.807) is 24.3 Å². The van der Waals surface area contributed by atoms with Gasteiger partial charge in [0, 0.05) is 5.56 Å². The molecular weight excluding hydrogens is 260 g/mol. The van der Waals surface area contributed by atoms with E-state index in [9.17, 15) is 9.59 Å². The van der Waals surface area contributed by atoms with E-state index in [4.69, 9.17) is 4.74 Å². The molecule has 0 spiro atoms. The van der Waals surface area contributed by atoms with Gasteiger partial charge in [-0.15, -0.1) is 0 Å². The monoisotopic (exact) mass is 280 g/mol. The Bertz CT molecular complexity index is 457. The first-order valence-electron chi connectivity index (χ1n) is 6.30. The van der Waals surface area contributed by atoms with Gasteiger partial charge in [0.25, 0.3) is 0 Å². The zero-order valence-corrected chi connectivity index (χ0v) is 12.7. The Morgan fingerprint density at radius 1 is 1.16 bits per heavy atom. The molecule has 1 atom stereocenters. The molecule has 1 aromatic rings. The summed E-state index contributed by atoms with van der Waals surface area (Å²) in [5, 5.41) is -0.299. The van der Waals surface area contributed by atoms with Gasteiger partial charge >= 0.3 is 5.97 Å². The number of Topliss-reactive ketones (excluding diaryl/α,β-unsaturated/α-hetero) is 1. The maximum atomic E-state index is 11.9. The number of thiol groups is 1. The van der Waals surface area contributed by atoms with Crippen LogP contribution < -0.4 is 0 Å². The van der Waals surface area contributed by atoms with Crippen molar-refractivity contribution in [2.45, 2.75) is 45.0 Å². The fourth-order valence-electron chi connectivity index (χ4n) is 1.49. The normalized spacial score (nSPS) is 12.9. The number of benzene rings is 1. The van der Waals surface area contributed by atoms with E-state index in [-0.39, 0.29) is 17.0 Å². The first-order valence-corrected chi connectivity index (χ1v) is 6.82. The minimum absolute atomic E-state index is 0.0263. The Morgan fingerprint density at radius 2 is 1.63 bits per heavy atom. The highest BCUT2D eigenvalue weighted by Crippen LogP contribution is 2.15. The fourth-order valence-corrected chi connectivity index (χ4v) is 1.63. The zero-order chi connectivity index (χ0) is 14.6. The lowest BCUT2D eigenvalue weighted by molar-refractivity contribution is 0.00693. The Labute approximate surface area is 119 Å². The second-order valence-electron chi connectivity index (χ2n) is 5.37. The van der Waals surface area contributed by atoms with Crippen LogP contribution in [-0.4, -0.2) is 22.6 Å². The van der Waals surface area contributed by atoms with Crippen molar-refractivity contribution in [1.29, 1.82) is 0 Å². The van der Waals surface area contributed by atoms with Crippen molar-refractivity contribution in [3.63, 3.8) is 0 Å². The zero-order valence-electron chi connectivity index (χ0n) is 11.8. The van der Waals surface area contributed by atoms with Crippen LogP contribution >= 0.6 is 12.6 Å². The molecule has 4 heteroatoms. The van der Waals surface area contributed by atoms with Crippen molar-refractivity contribution in [2.24, 2.45) is 0 Å². The molecule has 0 bridgehead atoms. The molecule has 0 N–H and O–H groups in total. The molecule has 19 heavy (non-hydrogen) atoms. The Hall–Kier alpha value is -1.29. The summed E-state index contributed by atoms with van der Waals surface area (Å²) >= 11 is 4.22. The van der Waals surface area contributed by atoms with E-state index < -0.39 is 5.60 Å². The van der Waals surface area contributed by atoms with Crippen LogP contribution in [0.1, 0.15) is 54.8 Å². The van der Waals surface area contributed by atoms with Gasteiger partial charge in [0.2, 0.25) is 0 Å². The standard InChI is InChI=1S/C15H20O3S/c1-5-12(19)13(16)10-6-8-11(9-7-10)14(17)18-15(2,3)4/h6-9,12,19H,5H2,1-4H3. The molecule has 1 unspecified atom stereocenters. The third-order valence-corrected chi connectivity index (χ3v) is 3.09. The van der Waals surface area contributed by atoms with Crippen LogP contribution in [0.2, 0.25) is 0 Å². The van der Waals surface area contributed by atoms with Crippen LogP contribution in [-0.2, 0) is 4.74 Å². The van der Waals surface area contributed by atoms with E-state index in [0.717, 1.165) is 0 Å². The van der Waals surface area contributed by atoms with Crippen molar-refractivity contribution in [3.8, 4) is 0 Å². The van der Waals surface area contributed by atoms with Crippen molar-refractivity contribution in [2.75, 3.05) is 0 Å². The van der Waals surface area contributed by atoms with Gasteiger partial charge in [-0.1, -0.05) is 19.1 Å². The number of esters is 1. The number of carbonyl (C=O) groups excluding carboxylic acids is 2. The van der Waals surface area contributed by atoms with Crippen LogP contribution in [0, 0.1) is 0 Å². The summed E-state index contributed by atoms with van der Waals surface area (Å²) in [6.45, 7) is 7.35. The number of hydrogen-bond donors (Lipinski definition) is 1. The van der Waals surface area contributed by atoms with Crippen molar-refractivity contribution < 1.29 is 14.3 Å². The molecule has 0 aliphatic heterocycles. The molecule has 3 nitrogen and oxygen atoms in total. The van der Waals surface area contributed by atoms with Gasteiger partial charge in [-0.2, -0.15) is 12.6 Å². The quantitative estimate of drug-likeness (QED) is 0.521. The van der Waals surface area contributed by atoms with E-state index >= 15 is 0 Å². The lowest BCUT2D eigenvalue weighted by Gasteiger charge is -2.19. The van der Waals surface area contributed by atoms with Crippen molar-refractivity contribution in [3.05, 3.63) is 35.4 Å². The second kappa shape index (κ2) is 6.24. The third-order valence-electron chi connectivity index (χ3n) is 2.49. The molecule has 0 heterocycles. The molecule has 0 saturated carbocycles. The van der Waals surface area contributed by atoms with Gasteiger partial charge in [-0.25, -0.2) is 4.79 Å². The average molecular weight is 280 g/mol. The maximum Gasteiger partial charge on any atom is 0.338 e. The second-order valence-corrected chi connectivity index (χ2v) is 5.99. The predicted molar refractivity (Wildman–Crippen MR) is 79.0 cm³/mol. The molecule has 0 aliphatic rings. The Kier molecular flexibility index (Phi) is 5.18. The third kappa shape index (κ3) is 4.71. The van der Waals surface area contributed by atoms with Gasteiger partial charge in [-0.05, 0) is 39.3 Å². The van der Waals surface area contributed by atoms with Crippen molar-refractivity contribution in [1.82, 2.24) is 0 Å². The summed E-state index contributed by atoms with van der Waals surface area (Å²) < 4.78 is 5.25. The number of ketones is 1. The molecule has 0 radical (unpaired) electrons. The van der Waals surface area contributed by atoms with Crippen LogP contribution in [0.15, 0.2) is 24.3 Å². The number of rotatable bonds is 4. The van der Waals surface area contributed by atoms with Crippen LogP contribution in [0.25, 0.3) is 0 Å². The smallest absolute Gasteiger partial charge is 0.338 e. The summed E-state index contributed by atoms with van der Waals surface area (Å²) in [5.41, 5.74) is 0.483. The van der Waals surface area contributed by atoms with Crippen LogP contribution in [0.3, 0.4) is 0 Å². The minimum atomic E-state index is -0.524. The molecule has 0 aromatic heterocycles. The van der Waals surface area contributed by atoms with E-state index in [2.05, 4.69) is 12.6 Å². The SMILES string of the molecule is CCC(S)C(=O)c1ccc(C(=O)OC(C)(C)C)cc1. The minimum Gasteiger partial charge on any atom is -0.456 e. The number of hydrogen-bond acceptors (Lipinski definition) is 4. The highest BCUT2D eigenvalue weighted by molar-refractivity contribution is 7.81. The molecule has 0 amide bonds. The number of carbonyl (C=O) groups is 2. The summed E-state index contributed by atoms with van der Waals surface area (Å²) in [6, 6.07) is 6.50. The van der Waals surface area contributed by atoms with Gasteiger partial charge in [-0.3, -0.25) is 4.79 Å². The van der Waals surface area contributed by atoms with Gasteiger partial charge in [0.1, 0.15) is 5.60 Å². The first-order chi connectivity index (χ1) is 8.74. The highest BCUT2D eigenvalue weighted by Gasteiger charge is 2.19. The largest absolute Gasteiger partial charge is 0.456 e. The lowest BCUT2D eigenvalue weighted by Crippen LogP contribution is -2.24. The summed E-state index contributed by atoms with van der Waals surface area (Å²) in [6.07, 6.45) is 0.676. The van der Waals surface area contributed by atoms with E-state index in [0.29, 0.717) is 17.5 Å². The predicted octanol–water partition coefficient (Wildman–Crippen LogP) is 3.53.